The van der Waals surface area contributed by atoms with Gasteiger partial charge in [0.15, 0.2) is 5.54 Å². The summed E-state index contributed by atoms with van der Waals surface area (Å²) in [5.74, 6) is -1.08. The molecule has 0 spiro atoms. The number of hydrogen-bond donors (Lipinski definition) is 1. The van der Waals surface area contributed by atoms with E-state index >= 15 is 0 Å². The number of nitrogens with zero attached hydrogens (tertiary/aromatic N) is 6. The molecular weight excluding hydrogens is 583 g/mol. The number of benzene rings is 2. The standard InChI is InChI=1S/C29H26ClFN6O4S/c1-17-20-15-24(42-27(20)37(33-17)23-6-4-3-5-21(23)30)26(39)35-13-11-29(12-14-35,28(40)41-2)36-16-22(32-34-36)25(38)18-7-9-19(31)10-8-18/h3-10,15-16,25,38H,11-14H2,1-2H3. The van der Waals surface area contributed by atoms with Crippen molar-refractivity contribution in [3.8, 4) is 5.69 Å². The van der Waals surface area contributed by atoms with Crippen molar-refractivity contribution in [2.24, 2.45) is 0 Å². The van der Waals surface area contributed by atoms with Gasteiger partial charge in [-0.1, -0.05) is 41.1 Å². The first-order chi connectivity index (χ1) is 20.2. The highest BCUT2D eigenvalue weighted by Crippen LogP contribution is 2.36. The molecule has 1 N–H and O–H groups in total. The molecule has 1 fully saturated rings. The minimum Gasteiger partial charge on any atom is -0.467 e. The minimum absolute atomic E-state index is 0.147. The molecule has 1 saturated heterocycles. The Labute approximate surface area is 248 Å². The molecule has 216 valence electrons. The van der Waals surface area contributed by atoms with Crippen LogP contribution in [0.4, 0.5) is 4.39 Å². The second-order valence-electron chi connectivity index (χ2n) is 10.1. The van der Waals surface area contributed by atoms with E-state index in [1.54, 1.807) is 15.6 Å². The maximum Gasteiger partial charge on any atom is 0.334 e. The Hall–Kier alpha value is -4.13. The van der Waals surface area contributed by atoms with Crippen LogP contribution in [0.15, 0.2) is 60.8 Å². The molecule has 5 aromatic rings. The molecule has 0 saturated carbocycles. The van der Waals surface area contributed by atoms with Crippen LogP contribution in [0.5, 0.6) is 0 Å². The van der Waals surface area contributed by atoms with E-state index in [2.05, 4.69) is 15.4 Å². The number of rotatable bonds is 6. The highest BCUT2D eigenvalue weighted by atomic mass is 35.5. The van der Waals surface area contributed by atoms with Crippen molar-refractivity contribution >= 4 is 45.0 Å². The van der Waals surface area contributed by atoms with Gasteiger partial charge in [0.25, 0.3) is 5.91 Å². The van der Waals surface area contributed by atoms with E-state index in [1.165, 1.54) is 53.6 Å². The number of aryl methyl sites for hydroxylation is 1. The highest BCUT2D eigenvalue weighted by Gasteiger charge is 2.46. The summed E-state index contributed by atoms with van der Waals surface area (Å²) in [7, 11) is 1.30. The van der Waals surface area contributed by atoms with Crippen molar-refractivity contribution in [3.63, 3.8) is 0 Å². The number of thiophene rings is 1. The fourth-order valence-electron chi connectivity index (χ4n) is 5.32. The van der Waals surface area contributed by atoms with Gasteiger partial charge in [-0.3, -0.25) is 4.79 Å². The lowest BCUT2D eigenvalue weighted by Gasteiger charge is -2.39. The van der Waals surface area contributed by atoms with E-state index in [0.29, 0.717) is 15.5 Å². The minimum atomic E-state index is -1.21. The van der Waals surface area contributed by atoms with E-state index in [4.69, 9.17) is 16.3 Å². The number of carbonyl (C=O) groups is 2. The molecule has 0 radical (unpaired) electrons. The molecule has 0 aliphatic carbocycles. The van der Waals surface area contributed by atoms with Crippen LogP contribution in [0.3, 0.4) is 0 Å². The van der Waals surface area contributed by atoms with Crippen molar-refractivity contribution in [3.05, 3.63) is 93.5 Å². The van der Waals surface area contributed by atoms with Gasteiger partial charge < -0.3 is 14.7 Å². The number of aliphatic hydroxyl groups excluding tert-OH is 1. The Morgan fingerprint density at radius 2 is 1.86 bits per heavy atom. The molecule has 1 amide bonds. The van der Waals surface area contributed by atoms with Gasteiger partial charge in [0.1, 0.15) is 22.4 Å². The van der Waals surface area contributed by atoms with Crippen LogP contribution < -0.4 is 0 Å². The first-order valence-corrected chi connectivity index (χ1v) is 14.4. The third-order valence-electron chi connectivity index (χ3n) is 7.69. The number of likely N-dealkylation sites (tertiary alicyclic amines) is 1. The van der Waals surface area contributed by atoms with Crippen molar-refractivity contribution in [1.29, 1.82) is 0 Å². The first kappa shape index (κ1) is 28.0. The van der Waals surface area contributed by atoms with Crippen LogP contribution in [-0.2, 0) is 15.1 Å². The molecule has 1 unspecified atom stereocenters. The van der Waals surface area contributed by atoms with Gasteiger partial charge in [-0.25, -0.2) is 18.5 Å². The number of aromatic nitrogens is 5. The van der Waals surface area contributed by atoms with E-state index in [9.17, 15) is 19.1 Å². The molecule has 42 heavy (non-hydrogen) atoms. The second-order valence-corrected chi connectivity index (χ2v) is 11.6. The number of para-hydroxylation sites is 1. The smallest absolute Gasteiger partial charge is 0.334 e. The number of halogens is 2. The first-order valence-electron chi connectivity index (χ1n) is 13.2. The van der Waals surface area contributed by atoms with Gasteiger partial charge >= 0.3 is 5.97 Å². The molecule has 6 rings (SSSR count). The molecule has 0 bridgehead atoms. The van der Waals surface area contributed by atoms with Gasteiger partial charge in [-0.2, -0.15) is 5.10 Å². The fourth-order valence-corrected chi connectivity index (χ4v) is 6.68. The third-order valence-corrected chi connectivity index (χ3v) is 9.11. The van der Waals surface area contributed by atoms with Crippen molar-refractivity contribution in [1.82, 2.24) is 29.7 Å². The lowest BCUT2D eigenvalue weighted by atomic mass is 9.87. The number of hydrogen-bond acceptors (Lipinski definition) is 8. The van der Waals surface area contributed by atoms with Crippen molar-refractivity contribution in [2.45, 2.75) is 31.4 Å². The molecule has 1 atom stereocenters. The maximum atomic E-state index is 13.6. The number of piperidine rings is 1. The van der Waals surface area contributed by atoms with Crippen LogP contribution in [0.25, 0.3) is 15.9 Å². The average molecular weight is 609 g/mol. The van der Waals surface area contributed by atoms with Gasteiger partial charge in [-0.05, 0) is 42.8 Å². The normalized spacial score (nSPS) is 15.6. The van der Waals surface area contributed by atoms with E-state index < -0.39 is 23.4 Å². The van der Waals surface area contributed by atoms with Crippen LogP contribution >= 0.6 is 22.9 Å². The van der Waals surface area contributed by atoms with Gasteiger partial charge in [-0.15, -0.1) is 16.4 Å². The van der Waals surface area contributed by atoms with Crippen LogP contribution in [0.2, 0.25) is 5.02 Å². The van der Waals surface area contributed by atoms with Gasteiger partial charge in [0, 0.05) is 31.3 Å². The van der Waals surface area contributed by atoms with Gasteiger partial charge in [0.05, 0.1) is 34.6 Å². The van der Waals surface area contributed by atoms with Crippen LogP contribution in [0, 0.1) is 12.7 Å². The van der Waals surface area contributed by atoms with Crippen LogP contribution in [0.1, 0.15) is 45.6 Å². The number of methoxy groups -OCH3 is 1. The average Bonchev–Trinajstić information content (AvgIpc) is 3.74. The summed E-state index contributed by atoms with van der Waals surface area (Å²) in [5.41, 5.74) is 0.952. The topological polar surface area (TPSA) is 115 Å². The molecule has 2 aromatic carbocycles. The number of esters is 1. The summed E-state index contributed by atoms with van der Waals surface area (Å²) < 4.78 is 21.6. The number of aliphatic hydroxyl groups is 1. The molecular formula is C29H26ClFN6O4S. The Morgan fingerprint density at radius 1 is 1.14 bits per heavy atom. The predicted octanol–water partition coefficient (Wildman–Crippen LogP) is 4.67. The summed E-state index contributed by atoms with van der Waals surface area (Å²) in [4.78, 5) is 29.8. The maximum absolute atomic E-state index is 13.6. The highest BCUT2D eigenvalue weighted by molar-refractivity contribution is 7.20. The quantitative estimate of drug-likeness (QED) is 0.279. The second kappa shape index (κ2) is 10.9. The Bertz CT molecular complexity index is 1790. The number of carbonyl (C=O) groups excluding carboxylic acids is 2. The van der Waals surface area contributed by atoms with Gasteiger partial charge in [0.2, 0.25) is 0 Å². The van der Waals surface area contributed by atoms with E-state index in [1.807, 2.05) is 31.2 Å². The summed E-state index contributed by atoms with van der Waals surface area (Å²) in [6.45, 7) is 2.43. The Morgan fingerprint density at radius 3 is 2.55 bits per heavy atom. The molecule has 4 heterocycles. The zero-order valence-corrected chi connectivity index (χ0v) is 24.3. The fraction of sp³-hybridized carbons (Fsp3) is 0.276. The molecule has 1 aliphatic heterocycles. The zero-order chi connectivity index (χ0) is 29.6. The number of ether oxygens (including phenoxy) is 1. The van der Waals surface area contributed by atoms with Crippen molar-refractivity contribution < 1.29 is 23.8 Å². The summed E-state index contributed by atoms with van der Waals surface area (Å²) >= 11 is 7.76. The van der Waals surface area contributed by atoms with Crippen molar-refractivity contribution in [2.75, 3.05) is 20.2 Å². The molecule has 10 nitrogen and oxygen atoms in total. The number of fused-ring (bicyclic) bond motifs is 1. The third kappa shape index (κ3) is 4.75. The molecule has 3 aromatic heterocycles. The monoisotopic (exact) mass is 608 g/mol. The molecule has 1 aliphatic rings. The van der Waals surface area contributed by atoms with Crippen LogP contribution in [-0.4, -0.2) is 66.9 Å². The van der Waals surface area contributed by atoms with E-state index in [0.717, 1.165) is 21.6 Å². The summed E-state index contributed by atoms with van der Waals surface area (Å²) in [5, 5.41) is 25.1. The summed E-state index contributed by atoms with van der Waals surface area (Å²) in [6.07, 6.45) is 0.808. The Kier molecular flexibility index (Phi) is 7.29. The Balaban J connectivity index is 1.23. The SMILES string of the molecule is COC(=O)C1(n2cc(C(O)c3ccc(F)cc3)nn2)CCN(C(=O)c2cc3c(C)nn(-c4ccccc4Cl)c3s2)CC1. The predicted molar refractivity (Wildman–Crippen MR) is 154 cm³/mol. The largest absolute Gasteiger partial charge is 0.467 e. The number of amides is 1. The molecule has 13 heteroatoms. The van der Waals surface area contributed by atoms with E-state index in [-0.39, 0.29) is 37.5 Å². The lowest BCUT2D eigenvalue weighted by Crippen LogP contribution is -2.53. The lowest BCUT2D eigenvalue weighted by molar-refractivity contribution is -0.154. The summed E-state index contributed by atoms with van der Waals surface area (Å²) in [6, 6.07) is 14.7. The zero-order valence-electron chi connectivity index (χ0n) is 22.7.